The van der Waals surface area contributed by atoms with Gasteiger partial charge in [0.15, 0.2) is 0 Å². The lowest BCUT2D eigenvalue weighted by Gasteiger charge is -2.23. The van der Waals surface area contributed by atoms with Gasteiger partial charge in [-0.25, -0.2) is 0 Å². The molecule has 0 fully saturated rings. The van der Waals surface area contributed by atoms with Crippen LogP contribution in [0.3, 0.4) is 0 Å². The van der Waals surface area contributed by atoms with Crippen molar-refractivity contribution in [2.75, 3.05) is 58.0 Å². The van der Waals surface area contributed by atoms with E-state index < -0.39 is 42.3 Å². The van der Waals surface area contributed by atoms with Gasteiger partial charge in [-0.1, -0.05) is 73.8 Å². The molecule has 0 heterocycles. The maximum absolute atomic E-state index is 13.5. The van der Waals surface area contributed by atoms with Crippen LogP contribution in [-0.4, -0.2) is 93.5 Å². The molecule has 5 N–H and O–H groups in total. The minimum Gasteiger partial charge on any atom is -0.392 e. The van der Waals surface area contributed by atoms with Gasteiger partial charge in [0.2, 0.25) is 23.6 Å². The summed E-state index contributed by atoms with van der Waals surface area (Å²) in [4.78, 5) is 54.3. The van der Waals surface area contributed by atoms with E-state index in [1.54, 1.807) is 24.3 Å². The summed E-state index contributed by atoms with van der Waals surface area (Å²) in [5, 5.41) is 23.6. The van der Waals surface area contributed by atoms with E-state index in [4.69, 9.17) is 19.7 Å². The van der Waals surface area contributed by atoms with Crippen LogP contribution < -0.4 is 21.3 Å². The van der Waals surface area contributed by atoms with Gasteiger partial charge in [0, 0.05) is 30.1 Å². The van der Waals surface area contributed by atoms with E-state index in [1.165, 1.54) is 0 Å². The number of hydrogen-bond acceptors (Lipinski definition) is 9. The Kier molecular flexibility index (Phi) is 20.3. The van der Waals surface area contributed by atoms with Crippen molar-refractivity contribution in [1.82, 2.24) is 16.0 Å². The van der Waals surface area contributed by atoms with Crippen LogP contribution in [0.1, 0.15) is 43.7 Å². The Labute approximate surface area is 280 Å². The van der Waals surface area contributed by atoms with Crippen molar-refractivity contribution < 1.29 is 38.5 Å². The van der Waals surface area contributed by atoms with E-state index in [0.717, 1.165) is 18.4 Å². The van der Waals surface area contributed by atoms with Crippen molar-refractivity contribution in [1.29, 1.82) is 0 Å². The van der Waals surface area contributed by atoms with Gasteiger partial charge in [-0.3, -0.25) is 19.2 Å². The molecule has 0 radical (unpaired) electrons. The van der Waals surface area contributed by atoms with E-state index in [9.17, 15) is 24.3 Å². The molecule has 0 aromatic heterocycles. The summed E-state index contributed by atoms with van der Waals surface area (Å²) in [7, 11) is 0. The van der Waals surface area contributed by atoms with Gasteiger partial charge >= 0.3 is 0 Å². The van der Waals surface area contributed by atoms with Gasteiger partial charge in [0.05, 0.1) is 33.0 Å². The van der Waals surface area contributed by atoms with Gasteiger partial charge in [0.25, 0.3) is 0 Å². The van der Waals surface area contributed by atoms with Crippen LogP contribution in [-0.2, 0) is 46.4 Å². The van der Waals surface area contributed by atoms with E-state index >= 15 is 0 Å². The standard InChI is InChI=1S/C33H47N7O8/c1-2-3-5-10-28(32(44)37-27-13-11-26(22-41)12-14-27)39-33(45)29(21-25-8-6-4-7-9-25)38-31(43)24-48-23-30(42)35-15-17-46-19-20-47-18-16-36-40-34/h4,6-9,11-14,28-29,41H,2-3,5,10,15-24H2,1H3,(H,35,42)(H,37,44)(H,38,43)(H,39,45). The number of benzene rings is 2. The number of anilines is 1. The van der Waals surface area contributed by atoms with Gasteiger partial charge in [-0.2, -0.15) is 0 Å². The Morgan fingerprint density at radius 1 is 0.812 bits per heavy atom. The largest absolute Gasteiger partial charge is 0.392 e. The average Bonchev–Trinajstić information content (AvgIpc) is 3.09. The molecule has 2 atom stereocenters. The summed E-state index contributed by atoms with van der Waals surface area (Å²) in [6, 6.07) is 14.0. The maximum atomic E-state index is 13.5. The summed E-state index contributed by atoms with van der Waals surface area (Å²) in [6.07, 6.45) is 3.10. The van der Waals surface area contributed by atoms with Crippen molar-refractivity contribution in [3.8, 4) is 0 Å². The van der Waals surface area contributed by atoms with Crippen molar-refractivity contribution in [2.45, 2.75) is 57.7 Å². The predicted octanol–water partition coefficient (Wildman–Crippen LogP) is 2.39. The van der Waals surface area contributed by atoms with Gasteiger partial charge in [-0.15, -0.1) is 0 Å². The number of carbonyl (C=O) groups excluding carboxylic acids is 4. The van der Waals surface area contributed by atoms with E-state index in [-0.39, 0.29) is 39.3 Å². The summed E-state index contributed by atoms with van der Waals surface area (Å²) in [5.74, 6) is -1.96. The fraction of sp³-hybridized carbons (Fsp3) is 0.515. The molecule has 15 nitrogen and oxygen atoms in total. The van der Waals surface area contributed by atoms with Gasteiger partial charge in [0.1, 0.15) is 25.3 Å². The van der Waals surface area contributed by atoms with Crippen LogP contribution in [0.5, 0.6) is 0 Å². The number of carbonyl (C=O) groups is 4. The highest BCUT2D eigenvalue weighted by Gasteiger charge is 2.27. The molecule has 0 saturated carbocycles. The number of nitrogens with zero attached hydrogens (tertiary/aromatic N) is 3. The van der Waals surface area contributed by atoms with Crippen molar-refractivity contribution in [2.24, 2.45) is 5.11 Å². The van der Waals surface area contributed by atoms with Crippen molar-refractivity contribution in [3.05, 3.63) is 76.2 Å². The molecule has 15 heteroatoms. The molecule has 262 valence electrons. The highest BCUT2D eigenvalue weighted by atomic mass is 16.5. The minimum absolute atomic E-state index is 0.118. The third-order valence-corrected chi connectivity index (χ3v) is 6.87. The van der Waals surface area contributed by atoms with E-state index in [0.29, 0.717) is 43.9 Å². The number of aliphatic hydroxyl groups is 1. The zero-order valence-corrected chi connectivity index (χ0v) is 27.4. The number of unbranched alkanes of at least 4 members (excludes halogenated alkanes) is 2. The number of ether oxygens (including phenoxy) is 3. The lowest BCUT2D eigenvalue weighted by molar-refractivity contribution is -0.134. The Balaban J connectivity index is 1.88. The summed E-state index contributed by atoms with van der Waals surface area (Å²) in [6.45, 7) is 2.74. The SMILES string of the molecule is CCCCCC(NC(=O)C(Cc1ccccc1)NC(=O)COCC(=O)NCCOCCOCCN=[N+]=[N-])C(=O)Nc1ccc(CO)cc1. The fourth-order valence-corrected chi connectivity index (χ4v) is 4.38. The zero-order valence-electron chi connectivity index (χ0n) is 27.4. The number of aliphatic hydroxyl groups excluding tert-OH is 1. The molecule has 4 amide bonds. The first-order valence-electron chi connectivity index (χ1n) is 16.0. The van der Waals surface area contributed by atoms with Crippen LogP contribution in [0.15, 0.2) is 59.7 Å². The molecule has 0 aliphatic carbocycles. The Bertz CT molecular complexity index is 1290. The minimum atomic E-state index is -1.01. The average molecular weight is 670 g/mol. The molecule has 2 aromatic rings. The molecule has 2 unspecified atom stereocenters. The third-order valence-electron chi connectivity index (χ3n) is 6.87. The smallest absolute Gasteiger partial charge is 0.246 e. The molecule has 2 rings (SSSR count). The number of hydrogen-bond donors (Lipinski definition) is 5. The van der Waals surface area contributed by atoms with Crippen LogP contribution in [0, 0.1) is 0 Å². The Hall–Kier alpha value is -4.53. The molecule has 0 aliphatic heterocycles. The molecular formula is C33H47N7O8. The molecule has 0 bridgehead atoms. The maximum Gasteiger partial charge on any atom is 0.246 e. The molecule has 48 heavy (non-hydrogen) atoms. The van der Waals surface area contributed by atoms with Gasteiger partial charge < -0.3 is 40.6 Å². The van der Waals surface area contributed by atoms with Crippen molar-refractivity contribution in [3.63, 3.8) is 0 Å². The first-order valence-corrected chi connectivity index (χ1v) is 16.0. The number of nitrogens with one attached hydrogen (secondary N) is 4. The number of amides is 4. The summed E-state index contributed by atoms with van der Waals surface area (Å²) < 4.78 is 15.8. The lowest BCUT2D eigenvalue weighted by atomic mass is 10.0. The molecular weight excluding hydrogens is 622 g/mol. The van der Waals surface area contributed by atoms with Crippen LogP contribution in [0.4, 0.5) is 5.69 Å². The molecule has 2 aromatic carbocycles. The predicted molar refractivity (Wildman–Crippen MR) is 179 cm³/mol. The second-order valence-electron chi connectivity index (χ2n) is 10.7. The Morgan fingerprint density at radius 2 is 1.52 bits per heavy atom. The fourth-order valence-electron chi connectivity index (χ4n) is 4.38. The van der Waals surface area contributed by atoms with Gasteiger partial charge in [-0.05, 0) is 35.2 Å². The van der Waals surface area contributed by atoms with E-state index in [1.807, 2.05) is 37.3 Å². The molecule has 0 saturated heterocycles. The molecule has 0 spiro atoms. The zero-order chi connectivity index (χ0) is 34.8. The van der Waals surface area contributed by atoms with Crippen LogP contribution in [0.2, 0.25) is 0 Å². The number of azide groups is 1. The monoisotopic (exact) mass is 669 g/mol. The Morgan fingerprint density at radius 3 is 2.21 bits per heavy atom. The highest BCUT2D eigenvalue weighted by Crippen LogP contribution is 2.13. The summed E-state index contributed by atoms with van der Waals surface area (Å²) >= 11 is 0. The highest BCUT2D eigenvalue weighted by molar-refractivity contribution is 5.98. The third kappa shape index (κ3) is 17.4. The first-order chi connectivity index (χ1) is 23.4. The second-order valence-corrected chi connectivity index (χ2v) is 10.7. The quantitative estimate of drug-likeness (QED) is 0.0457. The lowest BCUT2D eigenvalue weighted by Crippen LogP contribution is -2.54. The topological polar surface area (TPSA) is 213 Å². The molecule has 0 aliphatic rings. The van der Waals surface area contributed by atoms with E-state index in [2.05, 4.69) is 31.3 Å². The van der Waals surface area contributed by atoms with Crippen LogP contribution in [0.25, 0.3) is 10.4 Å². The summed E-state index contributed by atoms with van der Waals surface area (Å²) in [5.41, 5.74) is 10.2. The van der Waals surface area contributed by atoms with Crippen LogP contribution >= 0.6 is 0 Å². The number of rotatable bonds is 25. The normalized spacial score (nSPS) is 11.9. The second kappa shape index (κ2) is 24.6. The first kappa shape index (κ1) is 39.6. The van der Waals surface area contributed by atoms with Crippen molar-refractivity contribution >= 4 is 29.3 Å².